The van der Waals surface area contributed by atoms with Crippen LogP contribution >= 0.6 is 11.6 Å². The van der Waals surface area contributed by atoms with Crippen molar-refractivity contribution < 1.29 is 0 Å². The van der Waals surface area contributed by atoms with Crippen LogP contribution in [-0.4, -0.2) is 16.0 Å². The van der Waals surface area contributed by atoms with Gasteiger partial charge in [0.15, 0.2) is 5.82 Å². The highest BCUT2D eigenvalue weighted by molar-refractivity contribution is 6.28. The van der Waals surface area contributed by atoms with Gasteiger partial charge in [-0.3, -0.25) is 0 Å². The molecule has 0 spiro atoms. The SMILES string of the molecule is Cc1nc(Cl)nc(NC2C3C4CCC(C4)C23)c1N. The number of fused-ring (bicyclic) bond motifs is 5. The van der Waals surface area contributed by atoms with Crippen LogP contribution in [0, 0.1) is 30.6 Å². The van der Waals surface area contributed by atoms with E-state index in [1.807, 2.05) is 6.92 Å². The predicted octanol–water partition coefficient (Wildman–Crippen LogP) is 2.48. The Kier molecular flexibility index (Phi) is 2.11. The van der Waals surface area contributed by atoms with Crippen molar-refractivity contribution in [3.8, 4) is 0 Å². The highest BCUT2D eigenvalue weighted by Crippen LogP contribution is 2.66. The number of halogens is 1. The van der Waals surface area contributed by atoms with Crippen LogP contribution in [0.5, 0.6) is 0 Å². The van der Waals surface area contributed by atoms with Crippen LogP contribution in [0.3, 0.4) is 0 Å². The van der Waals surface area contributed by atoms with Gasteiger partial charge < -0.3 is 11.1 Å². The first-order chi connectivity index (χ1) is 8.65. The molecule has 1 heterocycles. The van der Waals surface area contributed by atoms with Crippen LogP contribution in [0.2, 0.25) is 5.28 Å². The van der Waals surface area contributed by atoms with E-state index < -0.39 is 0 Å². The monoisotopic (exact) mass is 264 g/mol. The first-order valence-electron chi connectivity index (χ1n) is 6.71. The lowest BCUT2D eigenvalue weighted by Crippen LogP contribution is -2.15. The van der Waals surface area contributed by atoms with E-state index in [1.54, 1.807) is 0 Å². The molecule has 1 aromatic heterocycles. The summed E-state index contributed by atoms with van der Waals surface area (Å²) in [4.78, 5) is 8.29. The molecule has 4 unspecified atom stereocenters. The Bertz CT molecular complexity index is 502. The molecule has 0 radical (unpaired) electrons. The first kappa shape index (κ1) is 10.9. The Labute approximate surface area is 111 Å². The summed E-state index contributed by atoms with van der Waals surface area (Å²) in [7, 11) is 0. The summed E-state index contributed by atoms with van der Waals surface area (Å²) in [5.41, 5.74) is 7.41. The number of nitrogens with zero attached hydrogens (tertiary/aromatic N) is 2. The second-order valence-electron chi connectivity index (χ2n) is 6.00. The standard InChI is InChI=1S/C13H17ClN4/c1-5-10(15)12(18-13(14)16-5)17-11-8-6-2-3-7(4-6)9(8)11/h6-9,11H,2-4,15H2,1H3,(H,16,17,18). The largest absolute Gasteiger partial charge is 0.394 e. The molecule has 3 saturated carbocycles. The molecule has 3 fully saturated rings. The average molecular weight is 265 g/mol. The maximum atomic E-state index is 6.02. The van der Waals surface area contributed by atoms with E-state index in [9.17, 15) is 0 Å². The van der Waals surface area contributed by atoms with E-state index >= 15 is 0 Å². The first-order valence-corrected chi connectivity index (χ1v) is 7.09. The van der Waals surface area contributed by atoms with Gasteiger partial charge in [0.25, 0.3) is 0 Å². The zero-order valence-corrected chi connectivity index (χ0v) is 11.1. The minimum Gasteiger partial charge on any atom is -0.394 e. The highest BCUT2D eigenvalue weighted by atomic mass is 35.5. The molecule has 18 heavy (non-hydrogen) atoms. The van der Waals surface area contributed by atoms with Gasteiger partial charge in [0.1, 0.15) is 0 Å². The number of nitrogens with one attached hydrogen (secondary N) is 1. The average Bonchev–Trinajstić information content (AvgIpc) is 2.72. The van der Waals surface area contributed by atoms with Crippen molar-refractivity contribution in [1.29, 1.82) is 0 Å². The van der Waals surface area contributed by atoms with Crippen molar-refractivity contribution in [2.45, 2.75) is 32.2 Å². The summed E-state index contributed by atoms with van der Waals surface area (Å²) in [5, 5.41) is 3.78. The smallest absolute Gasteiger partial charge is 0.224 e. The molecular weight excluding hydrogens is 248 g/mol. The molecule has 5 heteroatoms. The zero-order valence-electron chi connectivity index (χ0n) is 10.4. The number of nitrogens with two attached hydrogens (primary N) is 1. The highest BCUT2D eigenvalue weighted by Gasteiger charge is 2.65. The van der Waals surface area contributed by atoms with Gasteiger partial charge in [-0.15, -0.1) is 0 Å². The van der Waals surface area contributed by atoms with E-state index in [0.717, 1.165) is 35.2 Å². The van der Waals surface area contributed by atoms with Gasteiger partial charge in [-0.25, -0.2) is 4.98 Å². The van der Waals surface area contributed by atoms with Crippen molar-refractivity contribution in [3.05, 3.63) is 11.0 Å². The van der Waals surface area contributed by atoms with Crippen LogP contribution < -0.4 is 11.1 Å². The van der Waals surface area contributed by atoms with E-state index in [1.165, 1.54) is 19.3 Å². The molecule has 3 N–H and O–H groups in total. The molecule has 0 amide bonds. The fourth-order valence-corrected chi connectivity index (χ4v) is 4.55. The molecule has 1 aromatic rings. The minimum absolute atomic E-state index is 0.276. The summed E-state index contributed by atoms with van der Waals surface area (Å²) in [6.07, 6.45) is 4.29. The number of aryl methyl sites for hydroxylation is 1. The quantitative estimate of drug-likeness (QED) is 0.806. The Morgan fingerprint density at radius 2 is 1.89 bits per heavy atom. The van der Waals surface area contributed by atoms with E-state index in [0.29, 0.717) is 11.7 Å². The molecule has 4 atom stereocenters. The Morgan fingerprint density at radius 1 is 1.22 bits per heavy atom. The lowest BCUT2D eigenvalue weighted by molar-refractivity contribution is 0.456. The zero-order chi connectivity index (χ0) is 12.4. The van der Waals surface area contributed by atoms with Crippen LogP contribution in [-0.2, 0) is 0 Å². The van der Waals surface area contributed by atoms with Crippen LogP contribution in [0.4, 0.5) is 11.5 Å². The molecular formula is C13H17ClN4. The van der Waals surface area contributed by atoms with Crippen LogP contribution in [0.25, 0.3) is 0 Å². The molecule has 0 aromatic carbocycles. The van der Waals surface area contributed by atoms with Crippen LogP contribution in [0.15, 0.2) is 0 Å². The summed E-state index contributed by atoms with van der Waals surface area (Å²) < 4.78 is 0. The molecule has 3 aliphatic carbocycles. The van der Waals surface area contributed by atoms with Crippen molar-refractivity contribution in [3.63, 3.8) is 0 Å². The second-order valence-corrected chi connectivity index (χ2v) is 6.34. The van der Waals surface area contributed by atoms with Crippen molar-refractivity contribution in [2.75, 3.05) is 11.1 Å². The second kappa shape index (κ2) is 3.50. The van der Waals surface area contributed by atoms with E-state index in [-0.39, 0.29) is 5.28 Å². The van der Waals surface area contributed by atoms with Gasteiger partial charge in [0.2, 0.25) is 5.28 Å². The number of anilines is 2. The van der Waals surface area contributed by atoms with Crippen LogP contribution in [0.1, 0.15) is 25.0 Å². The molecule has 2 bridgehead atoms. The fraction of sp³-hybridized carbons (Fsp3) is 0.692. The summed E-state index contributed by atoms with van der Waals surface area (Å²) in [6.45, 7) is 1.87. The van der Waals surface area contributed by atoms with Crippen molar-refractivity contribution >= 4 is 23.1 Å². The van der Waals surface area contributed by atoms with Gasteiger partial charge >= 0.3 is 0 Å². The lowest BCUT2D eigenvalue weighted by atomic mass is 10.0. The number of nitrogen functional groups attached to an aromatic ring is 1. The number of rotatable bonds is 2. The number of aromatic nitrogens is 2. The van der Waals surface area contributed by atoms with Crippen molar-refractivity contribution in [2.24, 2.45) is 23.7 Å². The normalized spacial score (nSPS) is 39.8. The third-order valence-corrected chi connectivity index (χ3v) is 5.32. The Balaban J connectivity index is 1.57. The summed E-state index contributed by atoms with van der Waals surface area (Å²) >= 11 is 5.90. The maximum Gasteiger partial charge on any atom is 0.224 e. The van der Waals surface area contributed by atoms with Gasteiger partial charge in [0.05, 0.1) is 11.4 Å². The van der Waals surface area contributed by atoms with Gasteiger partial charge in [-0.1, -0.05) is 0 Å². The van der Waals surface area contributed by atoms with Gasteiger partial charge in [-0.05, 0) is 61.5 Å². The molecule has 4 nitrogen and oxygen atoms in total. The molecule has 3 aliphatic rings. The third-order valence-electron chi connectivity index (χ3n) is 5.15. The molecule has 0 saturated heterocycles. The molecule has 0 aliphatic heterocycles. The molecule has 4 rings (SSSR count). The third kappa shape index (κ3) is 1.38. The fourth-order valence-electron chi connectivity index (χ4n) is 4.33. The Hall–Kier alpha value is -1.03. The summed E-state index contributed by atoms with van der Waals surface area (Å²) in [5.74, 6) is 4.33. The topological polar surface area (TPSA) is 63.8 Å². The maximum absolute atomic E-state index is 6.02. The van der Waals surface area contributed by atoms with Gasteiger partial charge in [-0.2, -0.15) is 4.98 Å². The Morgan fingerprint density at radius 3 is 2.56 bits per heavy atom. The predicted molar refractivity (Wildman–Crippen MR) is 71.4 cm³/mol. The molecule has 96 valence electrons. The lowest BCUT2D eigenvalue weighted by Gasteiger charge is -2.13. The van der Waals surface area contributed by atoms with Gasteiger partial charge in [0, 0.05) is 6.04 Å². The summed E-state index contributed by atoms with van der Waals surface area (Å²) in [6, 6.07) is 0.573. The van der Waals surface area contributed by atoms with E-state index in [4.69, 9.17) is 17.3 Å². The number of hydrogen-bond acceptors (Lipinski definition) is 4. The van der Waals surface area contributed by atoms with Crippen molar-refractivity contribution in [1.82, 2.24) is 9.97 Å². The van der Waals surface area contributed by atoms with E-state index in [2.05, 4.69) is 15.3 Å². The number of hydrogen-bond donors (Lipinski definition) is 2. The minimum atomic E-state index is 0.276.